The molecular weight excluding hydrogens is 204 g/mol. The summed E-state index contributed by atoms with van der Waals surface area (Å²) in [6, 6.07) is 0. The molecule has 0 aromatic heterocycles. The number of aliphatic hydroxyl groups excluding tert-OH is 1. The van der Waals surface area contributed by atoms with Crippen LogP contribution < -0.4 is 4.72 Å². The summed E-state index contributed by atoms with van der Waals surface area (Å²) in [4.78, 5) is 0. The summed E-state index contributed by atoms with van der Waals surface area (Å²) in [5.74, 6) is 0. The number of aliphatic hydroxyl groups is 1. The van der Waals surface area contributed by atoms with Gasteiger partial charge in [0.1, 0.15) is 0 Å². The molecule has 6 heteroatoms. The van der Waals surface area contributed by atoms with Crippen molar-refractivity contribution in [1.29, 1.82) is 0 Å². The van der Waals surface area contributed by atoms with Gasteiger partial charge in [-0.05, 0) is 6.42 Å². The van der Waals surface area contributed by atoms with E-state index in [-0.39, 0.29) is 19.7 Å². The zero-order valence-electron chi connectivity index (χ0n) is 8.44. The predicted molar refractivity (Wildman–Crippen MR) is 56.1 cm³/mol. The molecular formula is C8H18N2O3S. The zero-order chi connectivity index (χ0) is 11.0. The van der Waals surface area contributed by atoms with Crippen LogP contribution in [-0.2, 0) is 10.2 Å². The molecule has 0 aliphatic rings. The molecule has 0 unspecified atom stereocenters. The van der Waals surface area contributed by atoms with E-state index in [0.29, 0.717) is 6.54 Å². The van der Waals surface area contributed by atoms with E-state index in [1.807, 2.05) is 6.92 Å². The van der Waals surface area contributed by atoms with Crippen molar-refractivity contribution in [2.45, 2.75) is 13.3 Å². The van der Waals surface area contributed by atoms with Crippen molar-refractivity contribution in [3.8, 4) is 0 Å². The van der Waals surface area contributed by atoms with Crippen molar-refractivity contribution < 1.29 is 13.5 Å². The Balaban J connectivity index is 4.37. The molecule has 0 bridgehead atoms. The van der Waals surface area contributed by atoms with Gasteiger partial charge >= 0.3 is 0 Å². The Bertz CT molecular complexity index is 251. The molecule has 0 rings (SSSR count). The summed E-state index contributed by atoms with van der Waals surface area (Å²) in [6.07, 6.45) is 2.22. The van der Waals surface area contributed by atoms with Crippen LogP contribution in [0.15, 0.2) is 12.7 Å². The fourth-order valence-electron chi connectivity index (χ4n) is 0.887. The molecule has 0 fully saturated rings. The van der Waals surface area contributed by atoms with Crippen LogP contribution in [0, 0.1) is 0 Å². The lowest BCUT2D eigenvalue weighted by Crippen LogP contribution is -2.42. The van der Waals surface area contributed by atoms with Gasteiger partial charge in [0.15, 0.2) is 0 Å². The molecule has 0 aromatic rings. The molecule has 0 aromatic carbocycles. The maximum Gasteiger partial charge on any atom is 0.279 e. The van der Waals surface area contributed by atoms with Gasteiger partial charge in [0, 0.05) is 19.6 Å². The number of hydrogen-bond acceptors (Lipinski definition) is 3. The van der Waals surface area contributed by atoms with Gasteiger partial charge in [0.05, 0.1) is 6.61 Å². The van der Waals surface area contributed by atoms with Gasteiger partial charge in [-0.3, -0.25) is 0 Å². The van der Waals surface area contributed by atoms with E-state index in [2.05, 4.69) is 11.3 Å². The smallest absolute Gasteiger partial charge is 0.279 e. The molecule has 14 heavy (non-hydrogen) atoms. The van der Waals surface area contributed by atoms with Crippen molar-refractivity contribution in [2.75, 3.05) is 26.2 Å². The summed E-state index contributed by atoms with van der Waals surface area (Å²) in [5.41, 5.74) is 0. The van der Waals surface area contributed by atoms with Crippen molar-refractivity contribution in [1.82, 2.24) is 9.03 Å². The molecule has 0 heterocycles. The standard InChI is InChI=1S/C8H18N2O3S/c1-3-5-9-14(12,13)10(6-4-2)7-8-11/h4,9,11H,2-3,5-8H2,1H3. The van der Waals surface area contributed by atoms with E-state index in [1.54, 1.807) is 0 Å². The molecule has 0 aliphatic heterocycles. The Morgan fingerprint density at radius 1 is 1.57 bits per heavy atom. The van der Waals surface area contributed by atoms with Gasteiger partial charge < -0.3 is 5.11 Å². The summed E-state index contributed by atoms with van der Waals surface area (Å²) in [7, 11) is -3.46. The molecule has 0 saturated heterocycles. The lowest BCUT2D eigenvalue weighted by atomic mass is 10.5. The lowest BCUT2D eigenvalue weighted by Gasteiger charge is -2.19. The molecule has 84 valence electrons. The lowest BCUT2D eigenvalue weighted by molar-refractivity contribution is 0.259. The molecule has 0 atom stereocenters. The SMILES string of the molecule is C=CCN(CCO)S(=O)(=O)NCCC. The van der Waals surface area contributed by atoms with Crippen LogP contribution in [0.2, 0.25) is 0 Å². The molecule has 0 radical (unpaired) electrons. The average molecular weight is 222 g/mol. The third kappa shape index (κ3) is 4.71. The van der Waals surface area contributed by atoms with Gasteiger partial charge in [-0.1, -0.05) is 13.0 Å². The third-order valence-corrected chi connectivity index (χ3v) is 3.14. The van der Waals surface area contributed by atoms with Crippen LogP contribution in [0.1, 0.15) is 13.3 Å². The Kier molecular flexibility index (Phi) is 6.73. The minimum absolute atomic E-state index is 0.0884. The fraction of sp³-hybridized carbons (Fsp3) is 0.750. The van der Waals surface area contributed by atoms with E-state index in [1.165, 1.54) is 6.08 Å². The normalized spacial score (nSPS) is 11.9. The largest absolute Gasteiger partial charge is 0.395 e. The fourth-order valence-corrected chi connectivity index (χ4v) is 2.16. The second kappa shape index (κ2) is 6.94. The van der Waals surface area contributed by atoms with E-state index in [0.717, 1.165) is 10.7 Å². The van der Waals surface area contributed by atoms with Crippen LogP contribution in [0.4, 0.5) is 0 Å². The van der Waals surface area contributed by atoms with Crippen LogP contribution in [-0.4, -0.2) is 44.1 Å². The summed E-state index contributed by atoms with van der Waals surface area (Å²) in [6.45, 7) is 5.85. The van der Waals surface area contributed by atoms with E-state index in [4.69, 9.17) is 5.11 Å². The van der Waals surface area contributed by atoms with Crippen LogP contribution in [0.3, 0.4) is 0 Å². The van der Waals surface area contributed by atoms with Crippen molar-refractivity contribution in [3.63, 3.8) is 0 Å². The quantitative estimate of drug-likeness (QED) is 0.555. The van der Waals surface area contributed by atoms with Crippen LogP contribution in [0.25, 0.3) is 0 Å². The molecule has 0 aliphatic carbocycles. The Morgan fingerprint density at radius 3 is 2.64 bits per heavy atom. The first-order valence-corrected chi connectivity index (χ1v) is 5.99. The maximum atomic E-state index is 11.5. The highest BCUT2D eigenvalue weighted by Crippen LogP contribution is 1.97. The number of rotatable bonds is 8. The maximum absolute atomic E-state index is 11.5. The second-order valence-electron chi connectivity index (χ2n) is 2.77. The van der Waals surface area contributed by atoms with Gasteiger partial charge in [0.2, 0.25) is 0 Å². The van der Waals surface area contributed by atoms with Gasteiger partial charge in [-0.15, -0.1) is 6.58 Å². The molecule has 0 saturated carbocycles. The monoisotopic (exact) mass is 222 g/mol. The highest BCUT2D eigenvalue weighted by molar-refractivity contribution is 7.87. The number of nitrogens with one attached hydrogen (secondary N) is 1. The van der Waals surface area contributed by atoms with Crippen LogP contribution in [0.5, 0.6) is 0 Å². The zero-order valence-corrected chi connectivity index (χ0v) is 9.26. The van der Waals surface area contributed by atoms with Crippen molar-refractivity contribution >= 4 is 10.2 Å². The van der Waals surface area contributed by atoms with Crippen molar-refractivity contribution in [3.05, 3.63) is 12.7 Å². The van der Waals surface area contributed by atoms with E-state index >= 15 is 0 Å². The van der Waals surface area contributed by atoms with E-state index < -0.39 is 10.2 Å². The summed E-state index contributed by atoms with van der Waals surface area (Å²) >= 11 is 0. The minimum Gasteiger partial charge on any atom is -0.395 e. The molecule has 0 spiro atoms. The van der Waals surface area contributed by atoms with Crippen LogP contribution >= 0.6 is 0 Å². The number of nitrogens with zero attached hydrogens (tertiary/aromatic N) is 1. The van der Waals surface area contributed by atoms with Gasteiger partial charge in [-0.2, -0.15) is 12.7 Å². The Hall–Kier alpha value is -0.430. The molecule has 2 N–H and O–H groups in total. The predicted octanol–water partition coefficient (Wildman–Crippen LogP) is -0.289. The number of hydrogen-bond donors (Lipinski definition) is 2. The topological polar surface area (TPSA) is 69.6 Å². The first-order chi connectivity index (χ1) is 6.58. The summed E-state index contributed by atoms with van der Waals surface area (Å²) < 4.78 is 26.6. The average Bonchev–Trinajstić information content (AvgIpc) is 2.14. The van der Waals surface area contributed by atoms with Gasteiger partial charge in [0.25, 0.3) is 10.2 Å². The first kappa shape index (κ1) is 13.6. The van der Waals surface area contributed by atoms with E-state index in [9.17, 15) is 8.42 Å². The Labute approximate surface area is 85.6 Å². The second-order valence-corrected chi connectivity index (χ2v) is 4.52. The third-order valence-electron chi connectivity index (χ3n) is 1.56. The highest BCUT2D eigenvalue weighted by Gasteiger charge is 2.18. The first-order valence-electron chi connectivity index (χ1n) is 4.55. The Morgan fingerprint density at radius 2 is 2.21 bits per heavy atom. The summed E-state index contributed by atoms with van der Waals surface area (Å²) in [5, 5.41) is 8.68. The molecule has 0 amide bonds. The van der Waals surface area contributed by atoms with Gasteiger partial charge in [-0.25, -0.2) is 4.72 Å². The highest BCUT2D eigenvalue weighted by atomic mass is 32.2. The molecule has 5 nitrogen and oxygen atoms in total. The minimum atomic E-state index is -3.46. The van der Waals surface area contributed by atoms with Crippen molar-refractivity contribution in [2.24, 2.45) is 0 Å².